The molecule has 1 atom stereocenters. The van der Waals surface area contributed by atoms with Gasteiger partial charge in [0.05, 0.1) is 6.04 Å². The number of carbonyl (C=O) groups excluding carboxylic acids is 1. The quantitative estimate of drug-likeness (QED) is 0.692. The topological polar surface area (TPSA) is 58.6 Å². The first-order chi connectivity index (χ1) is 12.6. The molecule has 0 radical (unpaired) electrons. The number of amides is 1. The van der Waals surface area contributed by atoms with Gasteiger partial charge in [-0.1, -0.05) is 48.5 Å². The maximum atomic E-state index is 12.5. The van der Waals surface area contributed by atoms with Gasteiger partial charge in [-0.3, -0.25) is 4.79 Å². The third kappa shape index (κ3) is 4.63. The highest BCUT2D eigenvalue weighted by atomic mass is 16.5. The van der Waals surface area contributed by atoms with Crippen LogP contribution in [0.5, 0.6) is 11.5 Å². The van der Waals surface area contributed by atoms with Gasteiger partial charge in [-0.2, -0.15) is 0 Å². The summed E-state index contributed by atoms with van der Waals surface area (Å²) >= 11 is 0. The molecule has 2 N–H and O–H groups in total. The van der Waals surface area contributed by atoms with Crippen molar-refractivity contribution in [2.45, 2.75) is 19.6 Å². The summed E-state index contributed by atoms with van der Waals surface area (Å²) in [6, 6.07) is 23.6. The molecule has 0 bridgehead atoms. The van der Waals surface area contributed by atoms with E-state index in [4.69, 9.17) is 4.74 Å². The van der Waals surface area contributed by atoms with Gasteiger partial charge in [0.2, 0.25) is 0 Å². The number of aromatic hydroxyl groups is 1. The molecule has 132 valence electrons. The molecule has 3 aromatic rings. The largest absolute Gasteiger partial charge is 0.508 e. The normalized spacial score (nSPS) is 11.6. The van der Waals surface area contributed by atoms with E-state index in [-0.39, 0.29) is 17.7 Å². The van der Waals surface area contributed by atoms with Crippen LogP contribution >= 0.6 is 0 Å². The summed E-state index contributed by atoms with van der Waals surface area (Å²) in [4.78, 5) is 12.5. The van der Waals surface area contributed by atoms with Crippen LogP contribution < -0.4 is 10.1 Å². The van der Waals surface area contributed by atoms with Crippen LogP contribution in [0, 0.1) is 0 Å². The van der Waals surface area contributed by atoms with Crippen LogP contribution in [0.1, 0.15) is 34.5 Å². The van der Waals surface area contributed by atoms with Crippen molar-refractivity contribution >= 4 is 5.91 Å². The molecule has 26 heavy (non-hydrogen) atoms. The van der Waals surface area contributed by atoms with E-state index in [0.29, 0.717) is 17.9 Å². The Kier molecular flexibility index (Phi) is 5.54. The van der Waals surface area contributed by atoms with E-state index < -0.39 is 0 Å². The maximum Gasteiger partial charge on any atom is 0.251 e. The Hall–Kier alpha value is -3.27. The highest BCUT2D eigenvalue weighted by molar-refractivity contribution is 5.94. The Balaban J connectivity index is 1.64. The Morgan fingerprint density at radius 3 is 2.54 bits per heavy atom. The minimum atomic E-state index is -0.219. The SMILES string of the molecule is CC(NC(=O)c1cccc(OCc2ccccc2)c1)c1cccc(O)c1. The fourth-order valence-corrected chi connectivity index (χ4v) is 2.63. The lowest BCUT2D eigenvalue weighted by Gasteiger charge is -2.15. The number of ether oxygens (including phenoxy) is 1. The number of benzene rings is 3. The van der Waals surface area contributed by atoms with Crippen molar-refractivity contribution in [1.82, 2.24) is 5.32 Å². The van der Waals surface area contributed by atoms with Crippen LogP contribution in [0.15, 0.2) is 78.9 Å². The van der Waals surface area contributed by atoms with Crippen LogP contribution in [0.3, 0.4) is 0 Å². The first-order valence-corrected chi connectivity index (χ1v) is 8.48. The second-order valence-corrected chi connectivity index (χ2v) is 6.09. The molecule has 0 aliphatic rings. The number of nitrogens with one attached hydrogen (secondary N) is 1. The van der Waals surface area contributed by atoms with Gasteiger partial charge in [-0.25, -0.2) is 0 Å². The summed E-state index contributed by atoms with van der Waals surface area (Å²) in [6.45, 7) is 2.33. The van der Waals surface area contributed by atoms with Crippen molar-refractivity contribution < 1.29 is 14.6 Å². The van der Waals surface area contributed by atoms with Crippen LogP contribution in [-0.4, -0.2) is 11.0 Å². The van der Waals surface area contributed by atoms with Gasteiger partial charge in [-0.15, -0.1) is 0 Å². The number of phenolic OH excluding ortho intramolecular Hbond substituents is 1. The second kappa shape index (κ2) is 8.21. The van der Waals surface area contributed by atoms with Crippen molar-refractivity contribution in [3.05, 3.63) is 95.6 Å². The first kappa shape index (κ1) is 17.5. The summed E-state index contributed by atoms with van der Waals surface area (Å²) < 4.78 is 5.78. The number of phenols is 1. The molecule has 0 heterocycles. The molecule has 0 aliphatic carbocycles. The number of carbonyl (C=O) groups is 1. The zero-order valence-electron chi connectivity index (χ0n) is 14.6. The molecule has 1 amide bonds. The van der Waals surface area contributed by atoms with Crippen molar-refractivity contribution in [3.63, 3.8) is 0 Å². The van der Waals surface area contributed by atoms with E-state index in [9.17, 15) is 9.90 Å². The van der Waals surface area contributed by atoms with Gasteiger partial charge in [0, 0.05) is 5.56 Å². The molecule has 4 nitrogen and oxygen atoms in total. The van der Waals surface area contributed by atoms with Gasteiger partial charge in [0.25, 0.3) is 5.91 Å². The van der Waals surface area contributed by atoms with Crippen molar-refractivity contribution in [2.24, 2.45) is 0 Å². The van der Waals surface area contributed by atoms with Crippen LogP contribution in [0.2, 0.25) is 0 Å². The highest BCUT2D eigenvalue weighted by Crippen LogP contribution is 2.19. The van der Waals surface area contributed by atoms with Gasteiger partial charge in [0.15, 0.2) is 0 Å². The Labute approximate surface area is 153 Å². The fraction of sp³-hybridized carbons (Fsp3) is 0.136. The lowest BCUT2D eigenvalue weighted by molar-refractivity contribution is 0.0939. The summed E-state index contributed by atoms with van der Waals surface area (Å²) in [6.07, 6.45) is 0. The molecule has 0 saturated carbocycles. The van der Waals surface area contributed by atoms with Crippen molar-refractivity contribution in [2.75, 3.05) is 0 Å². The summed E-state index contributed by atoms with van der Waals surface area (Å²) in [5.41, 5.74) is 2.44. The first-order valence-electron chi connectivity index (χ1n) is 8.48. The summed E-state index contributed by atoms with van der Waals surface area (Å²) in [5, 5.41) is 12.5. The molecule has 3 aromatic carbocycles. The highest BCUT2D eigenvalue weighted by Gasteiger charge is 2.12. The third-order valence-corrected chi connectivity index (χ3v) is 4.06. The number of hydrogen-bond donors (Lipinski definition) is 2. The van der Waals surface area contributed by atoms with Crippen LogP contribution in [0.4, 0.5) is 0 Å². The molecule has 4 heteroatoms. The van der Waals surface area contributed by atoms with E-state index in [1.165, 1.54) is 0 Å². The fourth-order valence-electron chi connectivity index (χ4n) is 2.63. The minimum Gasteiger partial charge on any atom is -0.508 e. The summed E-state index contributed by atoms with van der Waals surface area (Å²) in [5.74, 6) is 0.637. The van der Waals surface area contributed by atoms with Gasteiger partial charge >= 0.3 is 0 Å². The molecule has 0 saturated heterocycles. The molecule has 0 fully saturated rings. The van der Waals surface area contributed by atoms with Gasteiger partial charge in [0.1, 0.15) is 18.1 Å². The van der Waals surface area contributed by atoms with Crippen LogP contribution in [0.25, 0.3) is 0 Å². The lowest BCUT2D eigenvalue weighted by atomic mass is 10.1. The standard InChI is InChI=1S/C22H21NO3/c1-16(18-9-5-11-20(24)13-18)23-22(25)19-10-6-12-21(14-19)26-15-17-7-3-2-4-8-17/h2-14,16,24H,15H2,1H3,(H,23,25). The maximum absolute atomic E-state index is 12.5. The van der Waals surface area contributed by atoms with Gasteiger partial charge in [-0.05, 0) is 48.4 Å². The predicted molar refractivity (Wildman–Crippen MR) is 101 cm³/mol. The molecule has 3 rings (SSSR count). The van der Waals surface area contributed by atoms with Gasteiger partial charge < -0.3 is 15.2 Å². The molecule has 0 spiro atoms. The molecular formula is C22H21NO3. The van der Waals surface area contributed by atoms with E-state index >= 15 is 0 Å². The van der Waals surface area contributed by atoms with E-state index in [2.05, 4.69) is 5.32 Å². The molecule has 0 aromatic heterocycles. The second-order valence-electron chi connectivity index (χ2n) is 6.09. The third-order valence-electron chi connectivity index (χ3n) is 4.06. The summed E-state index contributed by atoms with van der Waals surface area (Å²) in [7, 11) is 0. The molecular weight excluding hydrogens is 326 g/mol. The predicted octanol–water partition coefficient (Wildman–Crippen LogP) is 4.46. The monoisotopic (exact) mass is 347 g/mol. The Morgan fingerprint density at radius 2 is 1.77 bits per heavy atom. The average Bonchev–Trinajstić information content (AvgIpc) is 2.67. The van der Waals surface area contributed by atoms with E-state index in [1.54, 1.807) is 36.4 Å². The van der Waals surface area contributed by atoms with Crippen LogP contribution in [-0.2, 0) is 6.61 Å². The van der Waals surface area contributed by atoms with Crippen molar-refractivity contribution in [1.29, 1.82) is 0 Å². The molecule has 0 aliphatic heterocycles. The van der Waals surface area contributed by atoms with E-state index in [0.717, 1.165) is 11.1 Å². The smallest absolute Gasteiger partial charge is 0.251 e. The zero-order chi connectivity index (χ0) is 18.4. The van der Waals surface area contributed by atoms with Crippen molar-refractivity contribution in [3.8, 4) is 11.5 Å². The molecule has 1 unspecified atom stereocenters. The Morgan fingerprint density at radius 1 is 1.00 bits per heavy atom. The average molecular weight is 347 g/mol. The Bertz CT molecular complexity index is 877. The zero-order valence-corrected chi connectivity index (χ0v) is 14.6. The number of hydrogen-bond acceptors (Lipinski definition) is 3. The lowest BCUT2D eigenvalue weighted by Crippen LogP contribution is -2.26. The minimum absolute atomic E-state index is 0.180. The van der Waals surface area contributed by atoms with E-state index in [1.807, 2.05) is 49.4 Å². The number of rotatable bonds is 6.